The van der Waals surface area contributed by atoms with Gasteiger partial charge in [-0.15, -0.1) is 0 Å². The molecule has 2 aromatic heterocycles. The molecule has 4 rings (SSSR count). The van der Waals surface area contributed by atoms with Crippen LogP contribution in [0.15, 0.2) is 30.6 Å². The van der Waals surface area contributed by atoms with Crippen LogP contribution >= 0.6 is 11.6 Å². The van der Waals surface area contributed by atoms with Crippen LogP contribution in [0, 0.1) is 6.08 Å². The third kappa shape index (κ3) is 2.75. The number of aromatic nitrogens is 4. The zero-order valence-electron chi connectivity index (χ0n) is 12.7. The predicted molar refractivity (Wildman–Crippen MR) is 89.0 cm³/mol. The summed E-state index contributed by atoms with van der Waals surface area (Å²) >= 11 is 6.12. The molecule has 1 atom stereocenters. The molecule has 0 amide bonds. The molecular weight excluding hydrogens is 333 g/mol. The van der Waals surface area contributed by atoms with E-state index in [0.717, 1.165) is 19.4 Å². The molecule has 0 radical (unpaired) electrons. The number of H-pyrrole nitrogens is 1. The van der Waals surface area contributed by atoms with E-state index in [-0.39, 0.29) is 6.04 Å². The molecule has 1 fully saturated rings. The van der Waals surface area contributed by atoms with E-state index in [4.69, 9.17) is 16.3 Å². The number of nitrogens with one attached hydrogen (secondary N) is 1. The van der Waals surface area contributed by atoms with Crippen molar-refractivity contribution in [3.8, 4) is 5.75 Å². The normalized spacial score (nSPS) is 17.6. The van der Waals surface area contributed by atoms with Gasteiger partial charge in [-0.3, -0.25) is 0 Å². The second kappa shape index (κ2) is 6.24. The number of hydrogen-bond acceptors (Lipinski definition) is 5. The Labute approximate surface area is 142 Å². The number of benzene rings is 1. The fourth-order valence-corrected chi connectivity index (χ4v) is 3.22. The Hall–Kier alpha value is -2.41. The lowest BCUT2D eigenvalue weighted by Gasteiger charge is -2.25. The summed E-state index contributed by atoms with van der Waals surface area (Å²) in [5.74, 6) is 1.15. The van der Waals surface area contributed by atoms with Crippen LogP contribution in [0.5, 0.6) is 5.75 Å². The summed E-state index contributed by atoms with van der Waals surface area (Å²) in [6.45, 7) is 1.22. The number of fused-ring (bicyclic) bond motifs is 1. The second-order valence-corrected chi connectivity index (χ2v) is 6.05. The number of para-hydroxylation sites is 1. The summed E-state index contributed by atoms with van der Waals surface area (Å²) in [7, 11) is 0. The van der Waals surface area contributed by atoms with Gasteiger partial charge in [-0.2, -0.15) is 14.4 Å². The molecule has 0 bridgehead atoms. The fourth-order valence-electron chi connectivity index (χ4n) is 3.03. The van der Waals surface area contributed by atoms with Crippen LogP contribution in [-0.4, -0.2) is 39.1 Å². The summed E-state index contributed by atoms with van der Waals surface area (Å²) in [5.41, 5.74) is 0.969. The zero-order valence-corrected chi connectivity index (χ0v) is 13.5. The van der Waals surface area contributed by atoms with E-state index in [0.29, 0.717) is 34.4 Å². The summed E-state index contributed by atoms with van der Waals surface area (Å²) in [6.07, 6.45) is 2.64. The van der Waals surface area contributed by atoms with E-state index in [1.807, 2.05) is 23.1 Å². The van der Waals surface area contributed by atoms with Gasteiger partial charge in [-0.05, 0) is 25.0 Å². The molecule has 0 aliphatic carbocycles. The molecule has 24 heavy (non-hydrogen) atoms. The molecule has 1 aromatic carbocycles. The molecule has 1 aliphatic rings. The number of aromatic amines is 1. The minimum atomic E-state index is -0.764. The molecule has 0 spiro atoms. The number of imidazole rings is 1. The van der Waals surface area contributed by atoms with Crippen molar-refractivity contribution in [2.24, 2.45) is 0 Å². The smallest absolute Gasteiger partial charge is 0.312 e. The number of anilines is 1. The van der Waals surface area contributed by atoms with E-state index >= 15 is 0 Å². The lowest BCUT2D eigenvalue weighted by Crippen LogP contribution is -2.35. The highest BCUT2D eigenvalue weighted by Crippen LogP contribution is 2.30. The molecule has 1 N–H and O–H groups in total. The van der Waals surface area contributed by atoms with Crippen molar-refractivity contribution in [2.75, 3.05) is 18.1 Å². The van der Waals surface area contributed by atoms with Crippen molar-refractivity contribution < 1.29 is 9.13 Å². The number of rotatable bonds is 4. The molecule has 0 unspecified atom stereocenters. The lowest BCUT2D eigenvalue weighted by molar-refractivity contribution is 0.288. The van der Waals surface area contributed by atoms with E-state index in [1.165, 1.54) is 6.33 Å². The minimum Gasteiger partial charge on any atom is -0.490 e. The third-order valence-corrected chi connectivity index (χ3v) is 4.46. The minimum absolute atomic E-state index is 0.0791. The van der Waals surface area contributed by atoms with Gasteiger partial charge in [0.25, 0.3) is 0 Å². The van der Waals surface area contributed by atoms with Gasteiger partial charge in [0.15, 0.2) is 17.0 Å². The Morgan fingerprint density at radius 1 is 1.33 bits per heavy atom. The van der Waals surface area contributed by atoms with Crippen LogP contribution in [0.2, 0.25) is 5.02 Å². The average molecular weight is 348 g/mol. The van der Waals surface area contributed by atoms with E-state index in [1.54, 1.807) is 6.07 Å². The summed E-state index contributed by atoms with van der Waals surface area (Å²) in [5, 5.41) is 0.574. The van der Waals surface area contributed by atoms with E-state index in [2.05, 4.69) is 19.9 Å². The number of nitrogens with zero attached hydrogens (tertiary/aromatic N) is 4. The summed E-state index contributed by atoms with van der Waals surface area (Å²) < 4.78 is 19.6. The SMILES string of the molecule is Fc1nc(N2CCC[C@@H]2COc2ccccc2Cl)c2nc[nH]c2n1. The van der Waals surface area contributed by atoms with Gasteiger partial charge in [0.05, 0.1) is 17.4 Å². The highest BCUT2D eigenvalue weighted by Gasteiger charge is 2.29. The van der Waals surface area contributed by atoms with Crippen LogP contribution in [0.1, 0.15) is 12.8 Å². The van der Waals surface area contributed by atoms with Crippen molar-refractivity contribution >= 4 is 28.6 Å². The first-order chi connectivity index (χ1) is 11.7. The highest BCUT2D eigenvalue weighted by molar-refractivity contribution is 6.32. The Kier molecular flexibility index (Phi) is 3.93. The molecule has 6 nitrogen and oxygen atoms in total. The van der Waals surface area contributed by atoms with Crippen molar-refractivity contribution in [3.05, 3.63) is 41.7 Å². The van der Waals surface area contributed by atoms with Gasteiger partial charge in [-0.25, -0.2) is 4.98 Å². The van der Waals surface area contributed by atoms with Gasteiger partial charge in [0.1, 0.15) is 12.4 Å². The first-order valence-corrected chi connectivity index (χ1v) is 8.11. The van der Waals surface area contributed by atoms with Gasteiger partial charge < -0.3 is 14.6 Å². The number of hydrogen-bond donors (Lipinski definition) is 1. The van der Waals surface area contributed by atoms with Crippen LogP contribution in [0.3, 0.4) is 0 Å². The Morgan fingerprint density at radius 3 is 3.08 bits per heavy atom. The quantitative estimate of drug-likeness (QED) is 0.734. The van der Waals surface area contributed by atoms with Gasteiger partial charge in [0.2, 0.25) is 0 Å². The van der Waals surface area contributed by atoms with Crippen LogP contribution in [0.25, 0.3) is 11.2 Å². The maximum absolute atomic E-state index is 13.7. The Balaban J connectivity index is 1.58. The topological polar surface area (TPSA) is 66.9 Å². The fraction of sp³-hybridized carbons (Fsp3) is 0.312. The Morgan fingerprint density at radius 2 is 2.21 bits per heavy atom. The monoisotopic (exact) mass is 347 g/mol. The van der Waals surface area contributed by atoms with Gasteiger partial charge >= 0.3 is 6.08 Å². The van der Waals surface area contributed by atoms with Gasteiger partial charge in [0, 0.05) is 6.54 Å². The van der Waals surface area contributed by atoms with E-state index < -0.39 is 6.08 Å². The molecule has 124 valence electrons. The molecular formula is C16H15ClFN5O. The summed E-state index contributed by atoms with van der Waals surface area (Å²) in [4.78, 5) is 16.8. The van der Waals surface area contributed by atoms with Crippen LogP contribution in [0.4, 0.5) is 10.2 Å². The second-order valence-electron chi connectivity index (χ2n) is 5.65. The van der Waals surface area contributed by atoms with Crippen LogP contribution < -0.4 is 9.64 Å². The molecule has 3 aromatic rings. The number of halogens is 2. The van der Waals surface area contributed by atoms with Crippen LogP contribution in [-0.2, 0) is 0 Å². The van der Waals surface area contributed by atoms with Crippen molar-refractivity contribution in [1.29, 1.82) is 0 Å². The van der Waals surface area contributed by atoms with Crippen molar-refractivity contribution in [2.45, 2.75) is 18.9 Å². The van der Waals surface area contributed by atoms with E-state index in [9.17, 15) is 4.39 Å². The highest BCUT2D eigenvalue weighted by atomic mass is 35.5. The zero-order chi connectivity index (χ0) is 16.5. The molecule has 0 saturated carbocycles. The molecule has 3 heterocycles. The Bertz CT molecular complexity index is 871. The average Bonchev–Trinajstić information content (AvgIpc) is 3.22. The molecule has 1 saturated heterocycles. The first-order valence-electron chi connectivity index (χ1n) is 7.73. The molecule has 1 aliphatic heterocycles. The maximum atomic E-state index is 13.7. The lowest BCUT2D eigenvalue weighted by atomic mass is 10.2. The van der Waals surface area contributed by atoms with Crippen molar-refractivity contribution in [1.82, 2.24) is 19.9 Å². The summed E-state index contributed by atoms with van der Waals surface area (Å²) in [6, 6.07) is 7.43. The van der Waals surface area contributed by atoms with Gasteiger partial charge in [-0.1, -0.05) is 23.7 Å². The van der Waals surface area contributed by atoms with Crippen molar-refractivity contribution in [3.63, 3.8) is 0 Å². The standard InChI is InChI=1S/C16H15ClFN5O/c17-11-5-1-2-6-12(11)24-8-10-4-3-7-23(10)15-13-14(20-9-19-13)21-16(18)22-15/h1-2,5-6,9-10H,3-4,7-8H2,(H,19,20,21,22)/t10-/m1/s1. The first kappa shape index (κ1) is 15.1. The number of ether oxygens (including phenoxy) is 1. The largest absolute Gasteiger partial charge is 0.490 e. The third-order valence-electron chi connectivity index (χ3n) is 4.15. The maximum Gasteiger partial charge on any atom is 0.312 e. The molecule has 8 heteroatoms. The predicted octanol–water partition coefficient (Wildman–Crippen LogP) is 3.19.